The van der Waals surface area contributed by atoms with Crippen LogP contribution in [0, 0.1) is 17.8 Å². The third kappa shape index (κ3) is 1.05. The van der Waals surface area contributed by atoms with Crippen molar-refractivity contribution in [3.05, 3.63) is 0 Å². The average molecular weight is 154 g/mol. The highest BCUT2D eigenvalue weighted by Gasteiger charge is 2.42. The number of ether oxygens (including phenoxy) is 1. The standard InChI is InChI=1S/C9H14O2/c1-6-3-2-4-7-5-11-9(10)8(6)7/h6-8H,2-5H2,1H3/t6-,7+,8+/m1/s1. The van der Waals surface area contributed by atoms with Crippen LogP contribution in [0.5, 0.6) is 0 Å². The van der Waals surface area contributed by atoms with Crippen LogP contribution in [-0.4, -0.2) is 12.6 Å². The maximum absolute atomic E-state index is 11.2. The summed E-state index contributed by atoms with van der Waals surface area (Å²) < 4.78 is 5.03. The lowest BCUT2D eigenvalue weighted by Crippen LogP contribution is -2.27. The van der Waals surface area contributed by atoms with Crippen LogP contribution in [0.2, 0.25) is 0 Å². The van der Waals surface area contributed by atoms with Gasteiger partial charge < -0.3 is 4.74 Å². The van der Waals surface area contributed by atoms with Crippen LogP contribution in [0.3, 0.4) is 0 Å². The van der Waals surface area contributed by atoms with Gasteiger partial charge >= 0.3 is 5.97 Å². The molecule has 0 aromatic rings. The van der Waals surface area contributed by atoms with Crippen molar-refractivity contribution in [2.24, 2.45) is 17.8 Å². The van der Waals surface area contributed by atoms with Crippen LogP contribution < -0.4 is 0 Å². The third-order valence-corrected chi connectivity index (χ3v) is 3.07. The van der Waals surface area contributed by atoms with Gasteiger partial charge in [0.25, 0.3) is 0 Å². The van der Waals surface area contributed by atoms with Gasteiger partial charge in [-0.2, -0.15) is 0 Å². The molecule has 2 heteroatoms. The Kier molecular flexibility index (Phi) is 1.63. The zero-order valence-corrected chi connectivity index (χ0v) is 6.88. The van der Waals surface area contributed by atoms with Gasteiger partial charge in [-0.05, 0) is 18.8 Å². The van der Waals surface area contributed by atoms with E-state index in [9.17, 15) is 4.79 Å². The van der Waals surface area contributed by atoms with E-state index in [0.717, 1.165) is 0 Å². The predicted octanol–water partition coefficient (Wildman–Crippen LogP) is 1.60. The molecule has 1 saturated carbocycles. The summed E-state index contributed by atoms with van der Waals surface area (Å²) in [6, 6.07) is 0. The summed E-state index contributed by atoms with van der Waals surface area (Å²) in [6.07, 6.45) is 3.68. The minimum absolute atomic E-state index is 0.0576. The highest BCUT2D eigenvalue weighted by atomic mass is 16.5. The molecule has 3 atom stereocenters. The predicted molar refractivity (Wildman–Crippen MR) is 41.0 cm³/mol. The van der Waals surface area contributed by atoms with E-state index in [1.807, 2.05) is 0 Å². The van der Waals surface area contributed by atoms with Gasteiger partial charge in [0.1, 0.15) is 0 Å². The van der Waals surface area contributed by atoms with E-state index in [-0.39, 0.29) is 11.9 Å². The van der Waals surface area contributed by atoms with Crippen molar-refractivity contribution in [1.82, 2.24) is 0 Å². The Labute approximate surface area is 66.9 Å². The molecule has 0 N–H and O–H groups in total. The number of hydrogen-bond acceptors (Lipinski definition) is 2. The molecule has 2 rings (SSSR count). The number of cyclic esters (lactones) is 1. The molecule has 2 aliphatic rings. The summed E-state index contributed by atoms with van der Waals surface area (Å²) in [4.78, 5) is 11.2. The number of carbonyl (C=O) groups excluding carboxylic acids is 1. The lowest BCUT2D eigenvalue weighted by Gasteiger charge is -2.26. The zero-order chi connectivity index (χ0) is 7.84. The molecule has 1 heterocycles. The molecule has 0 bridgehead atoms. The Morgan fingerprint density at radius 3 is 3.00 bits per heavy atom. The van der Waals surface area contributed by atoms with E-state index in [1.54, 1.807) is 0 Å². The van der Waals surface area contributed by atoms with Crippen molar-refractivity contribution < 1.29 is 9.53 Å². The molecule has 0 aromatic carbocycles. The first-order chi connectivity index (χ1) is 5.29. The summed E-state index contributed by atoms with van der Waals surface area (Å²) >= 11 is 0. The Bertz CT molecular complexity index is 176. The maximum atomic E-state index is 11.2. The van der Waals surface area contributed by atoms with Crippen LogP contribution in [0.25, 0.3) is 0 Å². The van der Waals surface area contributed by atoms with Crippen LogP contribution in [-0.2, 0) is 9.53 Å². The minimum atomic E-state index is 0.0576. The van der Waals surface area contributed by atoms with E-state index in [4.69, 9.17) is 4.74 Å². The second-order valence-electron chi connectivity index (χ2n) is 3.82. The fraction of sp³-hybridized carbons (Fsp3) is 0.889. The fourth-order valence-corrected chi connectivity index (χ4v) is 2.42. The number of carbonyl (C=O) groups is 1. The Morgan fingerprint density at radius 2 is 2.27 bits per heavy atom. The van der Waals surface area contributed by atoms with Gasteiger partial charge in [-0.15, -0.1) is 0 Å². The van der Waals surface area contributed by atoms with Gasteiger partial charge in [0, 0.05) is 5.92 Å². The Morgan fingerprint density at radius 1 is 1.45 bits per heavy atom. The third-order valence-electron chi connectivity index (χ3n) is 3.07. The normalized spacial score (nSPS) is 43.4. The first-order valence-electron chi connectivity index (χ1n) is 4.45. The summed E-state index contributed by atoms with van der Waals surface area (Å²) in [5, 5.41) is 0. The second-order valence-corrected chi connectivity index (χ2v) is 3.82. The van der Waals surface area contributed by atoms with Crippen molar-refractivity contribution >= 4 is 5.97 Å². The van der Waals surface area contributed by atoms with Crippen molar-refractivity contribution in [3.63, 3.8) is 0 Å². The van der Waals surface area contributed by atoms with Gasteiger partial charge in [0.2, 0.25) is 0 Å². The summed E-state index contributed by atoms with van der Waals surface area (Å²) in [5.74, 6) is 1.40. The van der Waals surface area contributed by atoms with Crippen LogP contribution in [0.15, 0.2) is 0 Å². The largest absolute Gasteiger partial charge is 0.465 e. The smallest absolute Gasteiger partial charge is 0.309 e. The maximum Gasteiger partial charge on any atom is 0.309 e. The first-order valence-corrected chi connectivity index (χ1v) is 4.45. The first kappa shape index (κ1) is 7.14. The topological polar surface area (TPSA) is 26.3 Å². The molecule has 0 aromatic heterocycles. The van der Waals surface area contributed by atoms with Crippen molar-refractivity contribution in [2.75, 3.05) is 6.61 Å². The molecule has 11 heavy (non-hydrogen) atoms. The number of rotatable bonds is 0. The van der Waals surface area contributed by atoms with E-state index >= 15 is 0 Å². The highest BCUT2D eigenvalue weighted by Crippen LogP contribution is 2.39. The molecule has 1 aliphatic carbocycles. The SMILES string of the molecule is C[C@@H]1CCC[C@H]2COC(=O)[C@H]21. The molecule has 0 unspecified atom stereocenters. The number of hydrogen-bond donors (Lipinski definition) is 0. The van der Waals surface area contributed by atoms with Crippen molar-refractivity contribution in [3.8, 4) is 0 Å². The quantitative estimate of drug-likeness (QED) is 0.495. The van der Waals surface area contributed by atoms with Crippen molar-refractivity contribution in [1.29, 1.82) is 0 Å². The molecule has 1 aliphatic heterocycles. The van der Waals surface area contributed by atoms with E-state index in [2.05, 4.69) is 6.92 Å². The molecular weight excluding hydrogens is 140 g/mol. The van der Waals surface area contributed by atoms with E-state index in [1.165, 1.54) is 19.3 Å². The Balaban J connectivity index is 2.14. The van der Waals surface area contributed by atoms with Gasteiger partial charge in [-0.1, -0.05) is 13.3 Å². The summed E-state index contributed by atoms with van der Waals surface area (Å²) in [6.45, 7) is 2.86. The van der Waals surface area contributed by atoms with Crippen LogP contribution >= 0.6 is 0 Å². The lowest BCUT2D eigenvalue weighted by atomic mass is 9.74. The molecule has 2 fully saturated rings. The number of esters is 1. The second kappa shape index (κ2) is 2.50. The average Bonchev–Trinajstić information content (AvgIpc) is 2.34. The zero-order valence-electron chi connectivity index (χ0n) is 6.88. The van der Waals surface area contributed by atoms with Gasteiger partial charge in [-0.3, -0.25) is 4.79 Å². The molecule has 0 amide bonds. The molecule has 2 nitrogen and oxygen atoms in total. The molecular formula is C9H14O2. The van der Waals surface area contributed by atoms with Gasteiger partial charge in [0.05, 0.1) is 12.5 Å². The van der Waals surface area contributed by atoms with Gasteiger partial charge in [0.15, 0.2) is 0 Å². The highest BCUT2D eigenvalue weighted by molar-refractivity contribution is 5.75. The lowest BCUT2D eigenvalue weighted by molar-refractivity contribution is -0.142. The fourth-order valence-electron chi connectivity index (χ4n) is 2.42. The molecule has 62 valence electrons. The molecule has 1 saturated heterocycles. The van der Waals surface area contributed by atoms with Crippen LogP contribution in [0.1, 0.15) is 26.2 Å². The monoisotopic (exact) mass is 154 g/mol. The molecule has 0 spiro atoms. The number of fused-ring (bicyclic) bond motifs is 1. The van der Waals surface area contributed by atoms with Crippen molar-refractivity contribution in [2.45, 2.75) is 26.2 Å². The minimum Gasteiger partial charge on any atom is -0.465 e. The van der Waals surface area contributed by atoms with E-state index < -0.39 is 0 Å². The van der Waals surface area contributed by atoms with Gasteiger partial charge in [-0.25, -0.2) is 0 Å². The van der Waals surface area contributed by atoms with E-state index in [0.29, 0.717) is 18.4 Å². The summed E-state index contributed by atoms with van der Waals surface area (Å²) in [5.41, 5.74) is 0. The molecule has 0 radical (unpaired) electrons. The summed E-state index contributed by atoms with van der Waals surface area (Å²) in [7, 11) is 0. The Hall–Kier alpha value is -0.530. The van der Waals surface area contributed by atoms with Crippen LogP contribution in [0.4, 0.5) is 0 Å².